The van der Waals surface area contributed by atoms with Gasteiger partial charge in [0.1, 0.15) is 13.2 Å². The van der Waals surface area contributed by atoms with Crippen LogP contribution < -0.4 is 0 Å². The average Bonchev–Trinajstić information content (AvgIpc) is 3.30. The quantitative estimate of drug-likeness (QED) is 0.0199. The van der Waals surface area contributed by atoms with Crippen molar-refractivity contribution >= 4 is 17.9 Å². The summed E-state index contributed by atoms with van der Waals surface area (Å²) in [6.45, 7) is 6.32. The summed E-state index contributed by atoms with van der Waals surface area (Å²) >= 11 is 0. The fraction of sp³-hybridized carbons (Fsp3) is 0.644. The molecule has 0 amide bonds. The van der Waals surface area contributed by atoms with Crippen LogP contribution in [-0.4, -0.2) is 37.2 Å². The Morgan fingerprint density at radius 1 is 0.338 bits per heavy atom. The van der Waals surface area contributed by atoms with Crippen molar-refractivity contribution in [3.63, 3.8) is 0 Å². The van der Waals surface area contributed by atoms with Crippen LogP contribution >= 0.6 is 0 Å². The topological polar surface area (TPSA) is 78.9 Å². The number of hydrogen-bond acceptors (Lipinski definition) is 6. The molecular formula is C59H96O6. The molecule has 0 radical (unpaired) electrons. The van der Waals surface area contributed by atoms with E-state index in [0.29, 0.717) is 12.8 Å². The van der Waals surface area contributed by atoms with E-state index >= 15 is 0 Å². The molecule has 6 heteroatoms. The van der Waals surface area contributed by atoms with Crippen LogP contribution in [0.3, 0.4) is 0 Å². The van der Waals surface area contributed by atoms with Crippen molar-refractivity contribution in [3.8, 4) is 0 Å². The maximum absolute atomic E-state index is 12.8. The van der Waals surface area contributed by atoms with Crippen LogP contribution in [0.4, 0.5) is 0 Å². The van der Waals surface area contributed by atoms with Crippen molar-refractivity contribution in [2.24, 2.45) is 0 Å². The molecule has 0 aliphatic heterocycles. The maximum Gasteiger partial charge on any atom is 0.306 e. The molecule has 0 saturated carbocycles. The van der Waals surface area contributed by atoms with E-state index in [9.17, 15) is 14.4 Å². The number of ether oxygens (including phenoxy) is 3. The van der Waals surface area contributed by atoms with Crippen molar-refractivity contribution in [1.29, 1.82) is 0 Å². The average molecular weight is 901 g/mol. The number of esters is 3. The van der Waals surface area contributed by atoms with Crippen molar-refractivity contribution in [3.05, 3.63) is 109 Å². The summed E-state index contributed by atoms with van der Waals surface area (Å²) in [4.78, 5) is 38.0. The van der Waals surface area contributed by atoms with Crippen molar-refractivity contribution in [2.75, 3.05) is 13.2 Å². The van der Waals surface area contributed by atoms with Gasteiger partial charge in [-0.2, -0.15) is 0 Å². The van der Waals surface area contributed by atoms with Gasteiger partial charge in [0, 0.05) is 19.3 Å². The summed E-state index contributed by atoms with van der Waals surface area (Å²) in [5.41, 5.74) is 0. The molecule has 0 fully saturated rings. The minimum absolute atomic E-state index is 0.111. The van der Waals surface area contributed by atoms with E-state index in [1.54, 1.807) is 0 Å². The van der Waals surface area contributed by atoms with Crippen LogP contribution in [0.2, 0.25) is 0 Å². The highest BCUT2D eigenvalue weighted by Gasteiger charge is 2.19. The first-order chi connectivity index (χ1) is 32.0. The Hall–Kier alpha value is -3.93. The number of hydrogen-bond donors (Lipinski definition) is 0. The van der Waals surface area contributed by atoms with Crippen molar-refractivity contribution < 1.29 is 28.6 Å². The van der Waals surface area contributed by atoms with Gasteiger partial charge in [-0.15, -0.1) is 0 Å². The van der Waals surface area contributed by atoms with Gasteiger partial charge in [-0.25, -0.2) is 0 Å². The van der Waals surface area contributed by atoms with E-state index in [1.165, 1.54) is 57.8 Å². The van der Waals surface area contributed by atoms with E-state index < -0.39 is 6.10 Å². The molecular weight excluding hydrogens is 805 g/mol. The van der Waals surface area contributed by atoms with Crippen LogP contribution in [0.5, 0.6) is 0 Å². The lowest BCUT2D eigenvalue weighted by molar-refractivity contribution is -0.167. The van der Waals surface area contributed by atoms with Crippen molar-refractivity contribution in [2.45, 2.75) is 232 Å². The van der Waals surface area contributed by atoms with Gasteiger partial charge in [-0.1, -0.05) is 201 Å². The van der Waals surface area contributed by atoms with Gasteiger partial charge in [0.2, 0.25) is 0 Å². The van der Waals surface area contributed by atoms with E-state index in [2.05, 4.69) is 130 Å². The highest BCUT2D eigenvalue weighted by Crippen LogP contribution is 2.13. The van der Waals surface area contributed by atoms with E-state index in [4.69, 9.17) is 14.2 Å². The fourth-order valence-corrected chi connectivity index (χ4v) is 6.85. The monoisotopic (exact) mass is 901 g/mol. The summed E-state index contributed by atoms with van der Waals surface area (Å²) in [6, 6.07) is 0. The smallest absolute Gasteiger partial charge is 0.306 e. The number of rotatable bonds is 46. The summed E-state index contributed by atoms with van der Waals surface area (Å²) in [7, 11) is 0. The number of unbranched alkanes of at least 4 members (excludes halogenated alkanes) is 18. The Balaban J connectivity index is 4.49. The Morgan fingerprint density at radius 2 is 0.646 bits per heavy atom. The summed E-state index contributed by atoms with van der Waals surface area (Å²) in [5, 5.41) is 0. The molecule has 368 valence electrons. The Labute approximate surface area is 400 Å². The second-order valence-corrected chi connectivity index (χ2v) is 17.0. The highest BCUT2D eigenvalue weighted by molar-refractivity contribution is 5.71. The van der Waals surface area contributed by atoms with E-state index in [0.717, 1.165) is 128 Å². The molecule has 0 bridgehead atoms. The van der Waals surface area contributed by atoms with Gasteiger partial charge in [-0.3, -0.25) is 14.4 Å². The zero-order valence-electron chi connectivity index (χ0n) is 42.0. The lowest BCUT2D eigenvalue weighted by Gasteiger charge is -2.18. The third kappa shape index (κ3) is 50.9. The molecule has 0 aliphatic rings. The molecule has 1 unspecified atom stereocenters. The van der Waals surface area contributed by atoms with Gasteiger partial charge in [-0.05, 0) is 116 Å². The molecule has 0 N–H and O–H groups in total. The van der Waals surface area contributed by atoms with Gasteiger partial charge in [0.15, 0.2) is 6.10 Å². The Morgan fingerprint density at radius 3 is 1.08 bits per heavy atom. The molecule has 0 saturated heterocycles. The van der Waals surface area contributed by atoms with Gasteiger partial charge < -0.3 is 14.2 Å². The first-order valence-electron chi connectivity index (χ1n) is 26.4. The lowest BCUT2D eigenvalue weighted by atomic mass is 10.1. The minimum atomic E-state index is -0.815. The molecule has 0 aromatic rings. The van der Waals surface area contributed by atoms with Crippen LogP contribution in [-0.2, 0) is 28.6 Å². The van der Waals surface area contributed by atoms with E-state index in [-0.39, 0.29) is 37.5 Å². The second kappa shape index (κ2) is 52.7. The molecule has 0 aromatic carbocycles. The minimum Gasteiger partial charge on any atom is -0.462 e. The largest absolute Gasteiger partial charge is 0.462 e. The zero-order valence-corrected chi connectivity index (χ0v) is 42.0. The lowest BCUT2D eigenvalue weighted by Crippen LogP contribution is -2.30. The first-order valence-corrected chi connectivity index (χ1v) is 26.4. The number of carbonyl (C=O) groups is 3. The number of allylic oxidation sites excluding steroid dienone is 18. The van der Waals surface area contributed by atoms with Gasteiger partial charge in [0.05, 0.1) is 0 Å². The molecule has 65 heavy (non-hydrogen) atoms. The predicted molar refractivity (Wildman–Crippen MR) is 279 cm³/mol. The Bertz CT molecular complexity index is 1360. The molecule has 0 rings (SSSR count). The SMILES string of the molecule is CC/C=C\C/C=C\C/C=C\C/C=C\CCCCCCCCC(=O)OCC(COC(=O)CCCC/C=C\C/C=C\C/C=C\CC)OC(=O)CCCCC/C=C\C=C/CCCCCCCCC. The predicted octanol–water partition coefficient (Wildman–Crippen LogP) is 17.5. The normalized spacial score (nSPS) is 13.0. The third-order valence-electron chi connectivity index (χ3n) is 10.8. The Kier molecular flexibility index (Phi) is 49.5. The summed E-state index contributed by atoms with van der Waals surface area (Å²) in [6.07, 6.45) is 70.8. The fourth-order valence-electron chi connectivity index (χ4n) is 6.85. The first kappa shape index (κ1) is 61.1. The molecule has 6 nitrogen and oxygen atoms in total. The van der Waals surface area contributed by atoms with Crippen molar-refractivity contribution in [1.82, 2.24) is 0 Å². The van der Waals surface area contributed by atoms with Crippen LogP contribution in [0, 0.1) is 0 Å². The van der Waals surface area contributed by atoms with Crippen LogP contribution in [0.15, 0.2) is 109 Å². The zero-order chi connectivity index (χ0) is 47.2. The summed E-state index contributed by atoms with van der Waals surface area (Å²) < 4.78 is 16.7. The molecule has 0 aliphatic carbocycles. The standard InChI is InChI=1S/C59H96O6/c1-4-7-10-13-16-19-22-25-27-29-30-31-33-34-37-40-43-46-49-52-58(61)64-55-56(54-63-57(60)51-48-45-42-39-36-24-21-18-15-12-9-6-3)65-59(62)53-50-47-44-41-38-35-32-28-26-23-20-17-14-11-8-5-2/h7,9-10,12,16,18-19,21,25,27-28,30-32,35-36,38-39,56H,4-6,8,11,13-15,17,20,22-24,26,29,33-34,37,40-55H2,1-3H3/b10-7-,12-9-,19-16-,21-18-,27-25-,31-30-,32-28-,38-35-,39-36-. The molecule has 1 atom stereocenters. The van der Waals surface area contributed by atoms with E-state index in [1.807, 2.05) is 0 Å². The second-order valence-electron chi connectivity index (χ2n) is 17.0. The van der Waals surface area contributed by atoms with Crippen LogP contribution in [0.25, 0.3) is 0 Å². The van der Waals surface area contributed by atoms with Gasteiger partial charge >= 0.3 is 17.9 Å². The van der Waals surface area contributed by atoms with Gasteiger partial charge in [0.25, 0.3) is 0 Å². The maximum atomic E-state index is 12.8. The summed E-state index contributed by atoms with van der Waals surface area (Å²) in [5.74, 6) is -0.995. The third-order valence-corrected chi connectivity index (χ3v) is 10.8. The molecule has 0 spiro atoms. The highest BCUT2D eigenvalue weighted by atomic mass is 16.6. The molecule has 0 aromatic heterocycles. The van der Waals surface area contributed by atoms with Crippen LogP contribution in [0.1, 0.15) is 226 Å². The molecule has 0 heterocycles. The number of carbonyl (C=O) groups excluding carboxylic acids is 3.